The van der Waals surface area contributed by atoms with Crippen LogP contribution in [-0.4, -0.2) is 12.5 Å². The Morgan fingerprint density at radius 2 is 2.00 bits per heavy atom. The number of carbonyl (C=O) groups excluding carboxylic acids is 1. The lowest BCUT2D eigenvalue weighted by Crippen LogP contribution is -2.39. The number of nitrogens with zero attached hydrogens (tertiary/aromatic N) is 1. The summed E-state index contributed by atoms with van der Waals surface area (Å²) in [5.41, 5.74) is 2.49. The van der Waals surface area contributed by atoms with Gasteiger partial charge < -0.3 is 4.90 Å². The Hall–Kier alpha value is -1.31. The highest BCUT2D eigenvalue weighted by atomic mass is 16.2. The van der Waals surface area contributed by atoms with E-state index in [1.54, 1.807) is 0 Å². The summed E-state index contributed by atoms with van der Waals surface area (Å²) in [5.74, 6) is 1.55. The minimum atomic E-state index is 0.339. The van der Waals surface area contributed by atoms with Gasteiger partial charge in [-0.3, -0.25) is 4.79 Å². The quantitative estimate of drug-likeness (QED) is 0.789. The van der Waals surface area contributed by atoms with Gasteiger partial charge in [0.05, 0.1) is 0 Å². The molecule has 1 fully saturated rings. The molecule has 1 amide bonds. The Morgan fingerprint density at radius 1 is 1.26 bits per heavy atom. The minimum absolute atomic E-state index is 0.339. The first kappa shape index (κ1) is 12.7. The van der Waals surface area contributed by atoms with Crippen LogP contribution in [0.1, 0.15) is 44.6 Å². The molecule has 1 aromatic rings. The Labute approximate surface area is 115 Å². The lowest BCUT2D eigenvalue weighted by molar-refractivity contribution is -0.119. The zero-order chi connectivity index (χ0) is 13.2. The molecule has 1 unspecified atom stereocenters. The number of anilines is 1. The third-order valence-electron chi connectivity index (χ3n) is 4.58. The molecule has 0 N–H and O–H groups in total. The van der Waals surface area contributed by atoms with Crippen LogP contribution in [0.4, 0.5) is 5.69 Å². The molecule has 0 aromatic heterocycles. The van der Waals surface area contributed by atoms with Crippen molar-refractivity contribution in [3.8, 4) is 0 Å². The zero-order valence-electron chi connectivity index (χ0n) is 11.8. The second-order valence-corrected chi connectivity index (χ2v) is 6.30. The monoisotopic (exact) mass is 257 g/mol. The molecule has 1 aromatic carbocycles. The molecule has 0 spiro atoms. The van der Waals surface area contributed by atoms with E-state index in [1.807, 2.05) is 11.0 Å². The Bertz CT molecular complexity index is 462. The lowest BCUT2D eigenvalue weighted by Gasteiger charge is -2.33. The van der Waals surface area contributed by atoms with E-state index in [9.17, 15) is 4.79 Å². The van der Waals surface area contributed by atoms with Crippen LogP contribution < -0.4 is 4.90 Å². The summed E-state index contributed by atoms with van der Waals surface area (Å²) in [7, 11) is 0. The molecule has 2 heteroatoms. The maximum atomic E-state index is 12.6. The molecule has 0 radical (unpaired) electrons. The molecule has 0 bridgehead atoms. The molecule has 0 saturated heterocycles. The predicted octanol–water partition coefficient (Wildman–Crippen LogP) is 3.79. The van der Waals surface area contributed by atoms with Gasteiger partial charge >= 0.3 is 0 Å². The predicted molar refractivity (Wildman–Crippen MR) is 78.2 cm³/mol. The fourth-order valence-corrected chi connectivity index (χ4v) is 3.60. The van der Waals surface area contributed by atoms with Crippen LogP contribution in [0.25, 0.3) is 0 Å². The SMILES string of the molecule is CC1Cc2ccccc2N(C(=O)CC2CCCC2)C1. The average molecular weight is 257 g/mol. The summed E-state index contributed by atoms with van der Waals surface area (Å²) < 4.78 is 0. The highest BCUT2D eigenvalue weighted by Gasteiger charge is 2.28. The maximum absolute atomic E-state index is 12.6. The Balaban J connectivity index is 1.78. The van der Waals surface area contributed by atoms with Crippen molar-refractivity contribution in [2.45, 2.75) is 45.4 Å². The van der Waals surface area contributed by atoms with Gasteiger partial charge in [0.1, 0.15) is 0 Å². The third-order valence-corrected chi connectivity index (χ3v) is 4.58. The van der Waals surface area contributed by atoms with Gasteiger partial charge in [-0.1, -0.05) is 38.0 Å². The fraction of sp³-hybridized carbons (Fsp3) is 0.588. The van der Waals surface area contributed by atoms with Crippen molar-refractivity contribution >= 4 is 11.6 Å². The summed E-state index contributed by atoms with van der Waals surface area (Å²) in [6.45, 7) is 3.13. The van der Waals surface area contributed by atoms with Crippen molar-refractivity contribution in [2.24, 2.45) is 11.8 Å². The van der Waals surface area contributed by atoms with Crippen LogP contribution in [0.15, 0.2) is 24.3 Å². The van der Waals surface area contributed by atoms with Crippen molar-refractivity contribution in [1.82, 2.24) is 0 Å². The fourth-order valence-electron chi connectivity index (χ4n) is 3.60. The smallest absolute Gasteiger partial charge is 0.227 e. The third kappa shape index (κ3) is 2.68. The largest absolute Gasteiger partial charge is 0.312 e. The molecule has 2 aliphatic rings. The normalized spacial score (nSPS) is 23.4. The van der Waals surface area contributed by atoms with Crippen molar-refractivity contribution < 1.29 is 4.79 Å². The van der Waals surface area contributed by atoms with Crippen LogP contribution in [0.5, 0.6) is 0 Å². The number of amides is 1. The molecule has 1 saturated carbocycles. The number of para-hydroxylation sites is 1. The van der Waals surface area contributed by atoms with Gasteiger partial charge in [0.15, 0.2) is 0 Å². The molecule has 102 valence electrons. The molecular weight excluding hydrogens is 234 g/mol. The average Bonchev–Trinajstić information content (AvgIpc) is 2.90. The van der Waals surface area contributed by atoms with E-state index in [1.165, 1.54) is 31.2 Å². The molecule has 1 aliphatic heterocycles. The first-order valence-electron chi connectivity index (χ1n) is 7.62. The van der Waals surface area contributed by atoms with Crippen molar-refractivity contribution in [2.75, 3.05) is 11.4 Å². The van der Waals surface area contributed by atoms with Crippen molar-refractivity contribution in [3.63, 3.8) is 0 Å². The maximum Gasteiger partial charge on any atom is 0.227 e. The van der Waals surface area contributed by atoms with Gasteiger partial charge in [-0.2, -0.15) is 0 Å². The van der Waals surface area contributed by atoms with Crippen molar-refractivity contribution in [1.29, 1.82) is 0 Å². The van der Waals surface area contributed by atoms with Gasteiger partial charge in [-0.05, 0) is 42.7 Å². The molecule has 3 rings (SSSR count). The second-order valence-electron chi connectivity index (χ2n) is 6.30. The van der Waals surface area contributed by atoms with Gasteiger partial charge in [0.25, 0.3) is 0 Å². The number of carbonyl (C=O) groups is 1. The van der Waals surface area contributed by atoms with E-state index in [0.29, 0.717) is 17.7 Å². The van der Waals surface area contributed by atoms with Crippen LogP contribution >= 0.6 is 0 Å². The highest BCUT2D eigenvalue weighted by Crippen LogP contribution is 2.33. The van der Waals surface area contributed by atoms with Crippen LogP contribution in [0, 0.1) is 11.8 Å². The lowest BCUT2D eigenvalue weighted by atomic mass is 9.93. The molecule has 1 aliphatic carbocycles. The van der Waals surface area contributed by atoms with Crippen LogP contribution in [0.3, 0.4) is 0 Å². The van der Waals surface area contributed by atoms with Crippen molar-refractivity contribution in [3.05, 3.63) is 29.8 Å². The van der Waals surface area contributed by atoms with E-state index in [2.05, 4.69) is 25.1 Å². The Morgan fingerprint density at radius 3 is 2.79 bits per heavy atom. The summed E-state index contributed by atoms with van der Waals surface area (Å²) in [5, 5.41) is 0. The molecule has 19 heavy (non-hydrogen) atoms. The number of hydrogen-bond donors (Lipinski definition) is 0. The summed E-state index contributed by atoms with van der Waals surface area (Å²) in [6, 6.07) is 8.40. The molecular formula is C17H23NO. The summed E-state index contributed by atoms with van der Waals surface area (Å²) in [6.07, 6.45) is 6.97. The molecule has 1 heterocycles. The van der Waals surface area contributed by atoms with Gasteiger partial charge in [-0.15, -0.1) is 0 Å². The van der Waals surface area contributed by atoms with E-state index in [4.69, 9.17) is 0 Å². The molecule has 2 nitrogen and oxygen atoms in total. The van der Waals surface area contributed by atoms with E-state index < -0.39 is 0 Å². The van der Waals surface area contributed by atoms with Gasteiger partial charge in [-0.25, -0.2) is 0 Å². The first-order valence-corrected chi connectivity index (χ1v) is 7.62. The van der Waals surface area contributed by atoms with Crippen LogP contribution in [-0.2, 0) is 11.2 Å². The van der Waals surface area contributed by atoms with E-state index >= 15 is 0 Å². The highest BCUT2D eigenvalue weighted by molar-refractivity contribution is 5.94. The number of benzene rings is 1. The number of rotatable bonds is 2. The van der Waals surface area contributed by atoms with E-state index in [0.717, 1.165) is 25.1 Å². The number of hydrogen-bond acceptors (Lipinski definition) is 1. The standard InChI is InChI=1S/C17H23NO/c1-13-10-15-8-4-5-9-16(15)18(12-13)17(19)11-14-6-2-3-7-14/h4-5,8-9,13-14H,2-3,6-7,10-12H2,1H3. The van der Waals surface area contributed by atoms with Crippen LogP contribution in [0.2, 0.25) is 0 Å². The topological polar surface area (TPSA) is 20.3 Å². The first-order chi connectivity index (χ1) is 9.24. The van der Waals surface area contributed by atoms with Gasteiger partial charge in [0.2, 0.25) is 5.91 Å². The molecule has 1 atom stereocenters. The second kappa shape index (κ2) is 5.36. The number of fused-ring (bicyclic) bond motifs is 1. The summed E-state index contributed by atoms with van der Waals surface area (Å²) >= 11 is 0. The van der Waals surface area contributed by atoms with Gasteiger partial charge in [0, 0.05) is 18.7 Å². The zero-order valence-corrected chi connectivity index (χ0v) is 11.8. The summed E-state index contributed by atoms with van der Waals surface area (Å²) in [4.78, 5) is 14.6. The minimum Gasteiger partial charge on any atom is -0.312 e. The van der Waals surface area contributed by atoms with E-state index in [-0.39, 0.29) is 0 Å². The Kier molecular flexibility index (Phi) is 3.58.